The standard InChI is InChI=1S/C18H13Cl2F3N4O/c19-12-3-1-10(14(20)8-12)9-27-16-7-11(18(21,22)23)2-4-13(16)15(26-27)5-6-17(28)25-24/h1-4,7-8,24H,5-6,9H2. The summed E-state index contributed by atoms with van der Waals surface area (Å²) in [5.74, 6) is -0.629. The van der Waals surface area contributed by atoms with E-state index in [2.05, 4.69) is 10.2 Å². The quantitative estimate of drug-likeness (QED) is 0.513. The summed E-state index contributed by atoms with van der Waals surface area (Å²) in [5.41, 5.74) is 7.28. The Morgan fingerprint density at radius 3 is 2.57 bits per heavy atom. The molecule has 1 N–H and O–H groups in total. The Kier molecular flexibility index (Phi) is 5.71. The van der Waals surface area contributed by atoms with Crippen molar-refractivity contribution < 1.29 is 18.0 Å². The zero-order valence-electron chi connectivity index (χ0n) is 14.2. The van der Waals surface area contributed by atoms with Crippen molar-refractivity contribution in [2.75, 3.05) is 0 Å². The lowest BCUT2D eigenvalue weighted by Gasteiger charge is -2.09. The molecule has 0 aliphatic carbocycles. The molecule has 0 saturated heterocycles. The van der Waals surface area contributed by atoms with Gasteiger partial charge >= 0.3 is 6.18 Å². The molecule has 3 rings (SSSR count). The fourth-order valence-electron chi connectivity index (χ4n) is 2.82. The van der Waals surface area contributed by atoms with Crippen LogP contribution in [0.2, 0.25) is 10.0 Å². The van der Waals surface area contributed by atoms with Gasteiger partial charge in [0, 0.05) is 28.3 Å². The van der Waals surface area contributed by atoms with Gasteiger partial charge in [-0.3, -0.25) is 9.48 Å². The lowest BCUT2D eigenvalue weighted by molar-refractivity contribution is -0.137. The van der Waals surface area contributed by atoms with Gasteiger partial charge in [-0.1, -0.05) is 35.3 Å². The van der Waals surface area contributed by atoms with Crippen LogP contribution in [0.4, 0.5) is 13.2 Å². The van der Waals surface area contributed by atoms with Crippen LogP contribution >= 0.6 is 23.2 Å². The van der Waals surface area contributed by atoms with Crippen LogP contribution in [0.5, 0.6) is 0 Å². The molecule has 0 fully saturated rings. The van der Waals surface area contributed by atoms with Gasteiger partial charge in [0.1, 0.15) is 0 Å². The van der Waals surface area contributed by atoms with E-state index in [4.69, 9.17) is 28.7 Å². The number of hydrogen-bond donors (Lipinski definition) is 1. The summed E-state index contributed by atoms with van der Waals surface area (Å²) < 4.78 is 40.9. The third-order valence-corrected chi connectivity index (χ3v) is 4.78. The number of carbonyl (C=O) groups excluding carboxylic acids is 1. The van der Waals surface area contributed by atoms with E-state index in [9.17, 15) is 18.0 Å². The second kappa shape index (κ2) is 7.89. The van der Waals surface area contributed by atoms with Gasteiger partial charge in [0.15, 0.2) is 0 Å². The largest absolute Gasteiger partial charge is 0.416 e. The number of nitrogens with one attached hydrogen (secondary N) is 1. The number of benzene rings is 2. The molecule has 0 spiro atoms. The van der Waals surface area contributed by atoms with Crippen LogP contribution in [0.3, 0.4) is 0 Å². The van der Waals surface area contributed by atoms with Crippen molar-refractivity contribution in [3.05, 3.63) is 63.3 Å². The first-order valence-corrected chi connectivity index (χ1v) is 8.85. The smallest absolute Gasteiger partial charge is 0.271 e. The molecule has 1 heterocycles. The predicted octanol–water partition coefficient (Wildman–Crippen LogP) is 5.90. The molecule has 3 aromatic rings. The summed E-state index contributed by atoms with van der Waals surface area (Å²) in [6.07, 6.45) is -4.40. The number of carbonyl (C=O) groups is 1. The highest BCUT2D eigenvalue weighted by Gasteiger charge is 2.31. The number of fused-ring (bicyclic) bond motifs is 1. The Morgan fingerprint density at radius 2 is 1.93 bits per heavy atom. The minimum Gasteiger partial charge on any atom is -0.271 e. The fourth-order valence-corrected chi connectivity index (χ4v) is 3.28. The van der Waals surface area contributed by atoms with Crippen LogP contribution in [-0.4, -0.2) is 15.7 Å². The highest BCUT2D eigenvalue weighted by atomic mass is 35.5. The van der Waals surface area contributed by atoms with Gasteiger partial charge in [0.2, 0.25) is 0 Å². The third-order valence-electron chi connectivity index (χ3n) is 4.19. The van der Waals surface area contributed by atoms with E-state index in [-0.39, 0.29) is 24.9 Å². The van der Waals surface area contributed by atoms with Gasteiger partial charge < -0.3 is 0 Å². The molecule has 10 heteroatoms. The van der Waals surface area contributed by atoms with Crippen LogP contribution in [0.25, 0.3) is 10.9 Å². The molecule has 0 atom stereocenters. The van der Waals surface area contributed by atoms with Crippen molar-refractivity contribution >= 4 is 40.0 Å². The van der Waals surface area contributed by atoms with Gasteiger partial charge in [-0.25, -0.2) is 5.53 Å². The lowest BCUT2D eigenvalue weighted by atomic mass is 10.1. The Hall–Kier alpha value is -2.45. The summed E-state index contributed by atoms with van der Waals surface area (Å²) in [4.78, 5) is 11.3. The number of aromatic nitrogens is 2. The van der Waals surface area contributed by atoms with Crippen LogP contribution < -0.4 is 0 Å². The Bertz CT molecular complexity index is 1060. The number of aryl methyl sites for hydroxylation is 1. The van der Waals surface area contributed by atoms with Crippen molar-refractivity contribution in [1.29, 1.82) is 5.53 Å². The number of rotatable bonds is 5. The van der Waals surface area contributed by atoms with E-state index < -0.39 is 17.6 Å². The number of hydrogen-bond acceptors (Lipinski definition) is 3. The number of halogens is 5. The van der Waals surface area contributed by atoms with Gasteiger partial charge in [-0.2, -0.15) is 18.3 Å². The van der Waals surface area contributed by atoms with Gasteiger partial charge in [0.25, 0.3) is 5.91 Å². The van der Waals surface area contributed by atoms with Crippen molar-refractivity contribution in [2.24, 2.45) is 5.11 Å². The fraction of sp³-hybridized carbons (Fsp3) is 0.222. The first kappa shape index (κ1) is 20.3. The minimum atomic E-state index is -4.50. The topological polar surface area (TPSA) is 71.1 Å². The number of alkyl halides is 3. The molecule has 0 radical (unpaired) electrons. The van der Waals surface area contributed by atoms with Crippen molar-refractivity contribution in [3.63, 3.8) is 0 Å². The second-order valence-electron chi connectivity index (χ2n) is 6.08. The maximum absolute atomic E-state index is 13.1. The molecule has 2 aromatic carbocycles. The summed E-state index contributed by atoms with van der Waals surface area (Å²) in [5, 5.41) is 8.51. The SMILES string of the molecule is N=NC(=O)CCc1nn(Cc2ccc(Cl)cc2Cl)c2cc(C(F)(F)F)ccc12. The van der Waals surface area contributed by atoms with Gasteiger partial charge in [-0.05, 0) is 29.8 Å². The lowest BCUT2D eigenvalue weighted by Crippen LogP contribution is -2.06. The molecule has 5 nitrogen and oxygen atoms in total. The molecule has 1 aromatic heterocycles. The number of nitrogens with zero attached hydrogens (tertiary/aromatic N) is 3. The first-order chi connectivity index (χ1) is 13.2. The monoisotopic (exact) mass is 428 g/mol. The van der Waals surface area contributed by atoms with Crippen LogP contribution in [-0.2, 0) is 23.9 Å². The molecule has 146 valence electrons. The van der Waals surface area contributed by atoms with E-state index in [1.807, 2.05) is 0 Å². The van der Waals surface area contributed by atoms with E-state index >= 15 is 0 Å². The summed E-state index contributed by atoms with van der Waals surface area (Å²) in [6.45, 7) is 0.130. The maximum atomic E-state index is 13.1. The predicted molar refractivity (Wildman–Crippen MR) is 98.8 cm³/mol. The van der Waals surface area contributed by atoms with Crippen LogP contribution in [0.15, 0.2) is 41.5 Å². The Balaban J connectivity index is 2.07. The Morgan fingerprint density at radius 1 is 1.18 bits per heavy atom. The number of amides is 1. The molecule has 0 saturated carbocycles. The molecule has 0 aliphatic rings. The molecular weight excluding hydrogens is 416 g/mol. The first-order valence-electron chi connectivity index (χ1n) is 8.10. The maximum Gasteiger partial charge on any atom is 0.416 e. The highest BCUT2D eigenvalue weighted by Crippen LogP contribution is 2.33. The molecule has 28 heavy (non-hydrogen) atoms. The van der Waals surface area contributed by atoms with E-state index in [0.29, 0.717) is 26.7 Å². The minimum absolute atomic E-state index is 0.0572. The normalized spacial score (nSPS) is 11.8. The molecule has 0 unspecified atom stereocenters. The van der Waals surface area contributed by atoms with E-state index in [1.54, 1.807) is 18.2 Å². The van der Waals surface area contributed by atoms with Crippen molar-refractivity contribution in [2.45, 2.75) is 25.6 Å². The highest BCUT2D eigenvalue weighted by molar-refractivity contribution is 6.35. The summed E-state index contributed by atoms with van der Waals surface area (Å²) in [7, 11) is 0. The second-order valence-corrected chi connectivity index (χ2v) is 6.92. The third kappa shape index (κ3) is 4.34. The summed E-state index contributed by atoms with van der Waals surface area (Å²) in [6, 6.07) is 8.18. The average Bonchev–Trinajstić information content (AvgIpc) is 2.98. The van der Waals surface area contributed by atoms with Gasteiger partial charge in [-0.15, -0.1) is 5.11 Å². The van der Waals surface area contributed by atoms with E-state index in [0.717, 1.165) is 12.1 Å². The van der Waals surface area contributed by atoms with Crippen molar-refractivity contribution in [3.8, 4) is 0 Å². The van der Waals surface area contributed by atoms with Gasteiger partial charge in [0.05, 0.1) is 23.3 Å². The molecular formula is C18H13Cl2F3N4O. The summed E-state index contributed by atoms with van der Waals surface area (Å²) >= 11 is 12.1. The molecule has 1 amide bonds. The molecule has 0 bridgehead atoms. The van der Waals surface area contributed by atoms with Crippen molar-refractivity contribution in [1.82, 2.24) is 9.78 Å². The van der Waals surface area contributed by atoms with Crippen LogP contribution in [0, 0.1) is 5.53 Å². The zero-order valence-corrected chi connectivity index (χ0v) is 15.7. The zero-order chi connectivity index (χ0) is 20.5. The average molecular weight is 429 g/mol. The molecule has 0 aliphatic heterocycles. The Labute approximate surface area is 167 Å². The van der Waals surface area contributed by atoms with Crippen LogP contribution in [0.1, 0.15) is 23.2 Å². The van der Waals surface area contributed by atoms with E-state index in [1.165, 1.54) is 10.7 Å².